The smallest absolute Gasteiger partial charge is 0.0431 e. The molecule has 0 amide bonds. The average Bonchev–Trinajstić information content (AvgIpc) is 2.80. The van der Waals surface area contributed by atoms with Crippen molar-refractivity contribution >= 4 is 5.69 Å². The lowest BCUT2D eigenvalue weighted by Gasteiger charge is -2.42. The number of hydrogen-bond acceptors (Lipinski definition) is 3. The fourth-order valence-electron chi connectivity index (χ4n) is 5.49. The Balaban J connectivity index is 1.42. The largest absolute Gasteiger partial charge is 0.396 e. The van der Waals surface area contributed by atoms with Gasteiger partial charge in [0.05, 0.1) is 0 Å². The van der Waals surface area contributed by atoms with Gasteiger partial charge in [0.2, 0.25) is 0 Å². The molecule has 2 aliphatic rings. The van der Waals surface area contributed by atoms with E-state index < -0.39 is 0 Å². The van der Waals surface area contributed by atoms with E-state index in [2.05, 4.69) is 80.0 Å². The molecule has 3 nitrogen and oxygen atoms in total. The molecule has 0 unspecified atom stereocenters. The fourth-order valence-corrected chi connectivity index (χ4v) is 5.49. The van der Waals surface area contributed by atoms with Crippen molar-refractivity contribution in [3.05, 3.63) is 53.6 Å². The molecule has 0 aromatic heterocycles. The van der Waals surface area contributed by atoms with Crippen LogP contribution in [-0.4, -0.2) is 49.3 Å². The summed E-state index contributed by atoms with van der Waals surface area (Å²) in [4.78, 5) is 5.09. The molecule has 2 aromatic carbocycles. The number of fused-ring (bicyclic) bond motifs is 1. The van der Waals surface area contributed by atoms with Crippen molar-refractivity contribution in [2.75, 3.05) is 44.2 Å². The summed E-state index contributed by atoms with van der Waals surface area (Å²) in [7, 11) is 0. The Morgan fingerprint density at radius 1 is 0.719 bits per heavy atom. The van der Waals surface area contributed by atoms with E-state index in [1.807, 2.05) is 0 Å². The first-order valence-electron chi connectivity index (χ1n) is 12.6. The van der Waals surface area contributed by atoms with Crippen LogP contribution in [0, 0.1) is 0 Å². The van der Waals surface area contributed by atoms with Crippen LogP contribution in [0.25, 0.3) is 11.1 Å². The molecule has 0 saturated carbocycles. The van der Waals surface area contributed by atoms with Crippen molar-refractivity contribution < 1.29 is 5.11 Å². The maximum Gasteiger partial charge on any atom is 0.0431 e. The second-order valence-corrected chi connectivity index (χ2v) is 11.2. The van der Waals surface area contributed by atoms with Gasteiger partial charge in [0, 0.05) is 38.5 Å². The summed E-state index contributed by atoms with van der Waals surface area (Å²) < 4.78 is 0. The van der Waals surface area contributed by atoms with Crippen molar-refractivity contribution in [2.45, 2.75) is 70.6 Å². The number of piperazine rings is 1. The fraction of sp³-hybridized carbons (Fsp3) is 0.586. The van der Waals surface area contributed by atoms with Crippen LogP contribution in [0.1, 0.15) is 70.9 Å². The zero-order chi connectivity index (χ0) is 22.8. The minimum absolute atomic E-state index is 0.249. The lowest BCUT2D eigenvalue weighted by atomic mass is 9.63. The summed E-state index contributed by atoms with van der Waals surface area (Å²) in [6.45, 7) is 15.6. The minimum Gasteiger partial charge on any atom is -0.396 e. The zero-order valence-electron chi connectivity index (χ0n) is 20.7. The molecular formula is C29H42N2O. The lowest BCUT2D eigenvalue weighted by molar-refractivity contribution is 0.242. The van der Waals surface area contributed by atoms with Gasteiger partial charge >= 0.3 is 0 Å². The molecule has 174 valence electrons. The van der Waals surface area contributed by atoms with E-state index in [9.17, 15) is 0 Å². The van der Waals surface area contributed by atoms with Crippen LogP contribution in [0.3, 0.4) is 0 Å². The van der Waals surface area contributed by atoms with E-state index >= 15 is 0 Å². The summed E-state index contributed by atoms with van der Waals surface area (Å²) >= 11 is 0. The SMILES string of the molecule is CC1(C)CCC(C)(C)c2cc(-c3ccc(N4CCN(CCCCCO)CC4)cc3)ccc21. The van der Waals surface area contributed by atoms with E-state index in [-0.39, 0.29) is 10.8 Å². The van der Waals surface area contributed by atoms with E-state index in [1.165, 1.54) is 47.2 Å². The van der Waals surface area contributed by atoms with Crippen molar-refractivity contribution in [3.8, 4) is 11.1 Å². The topological polar surface area (TPSA) is 26.7 Å². The Morgan fingerprint density at radius 2 is 1.34 bits per heavy atom. The normalized spacial score (nSPS) is 20.2. The summed E-state index contributed by atoms with van der Waals surface area (Å²) in [5.41, 5.74) is 7.58. The highest BCUT2D eigenvalue weighted by Gasteiger charge is 2.36. The average molecular weight is 435 g/mol. The molecule has 1 fully saturated rings. The minimum atomic E-state index is 0.249. The molecule has 0 radical (unpaired) electrons. The number of hydrogen-bond donors (Lipinski definition) is 1. The maximum absolute atomic E-state index is 8.93. The third-order valence-corrected chi connectivity index (χ3v) is 7.92. The summed E-state index contributed by atoms with van der Waals surface area (Å²) in [5.74, 6) is 0. The van der Waals surface area contributed by atoms with Gasteiger partial charge in [-0.05, 0) is 83.9 Å². The molecule has 4 rings (SSSR count). The third-order valence-electron chi connectivity index (χ3n) is 7.92. The van der Waals surface area contributed by atoms with Gasteiger partial charge in [-0.3, -0.25) is 4.90 Å². The van der Waals surface area contributed by atoms with E-state index in [0.29, 0.717) is 6.61 Å². The van der Waals surface area contributed by atoms with Gasteiger partial charge in [0.15, 0.2) is 0 Å². The number of aliphatic hydroxyl groups is 1. The molecule has 2 aromatic rings. The van der Waals surface area contributed by atoms with Crippen LogP contribution in [0.15, 0.2) is 42.5 Å². The molecule has 1 aliphatic heterocycles. The van der Waals surface area contributed by atoms with Crippen molar-refractivity contribution in [1.29, 1.82) is 0 Å². The summed E-state index contributed by atoms with van der Waals surface area (Å²) in [6, 6.07) is 16.4. The molecule has 1 saturated heterocycles. The number of anilines is 1. The molecule has 0 spiro atoms. The van der Waals surface area contributed by atoms with Crippen LogP contribution in [0.5, 0.6) is 0 Å². The highest BCUT2D eigenvalue weighted by atomic mass is 16.2. The summed E-state index contributed by atoms with van der Waals surface area (Å²) in [5, 5.41) is 8.93. The standard InChI is InChI=1S/C29H42N2O/c1-28(2)14-15-29(3,4)27-22-24(10-13-26(27)28)23-8-11-25(12-9-23)31-19-17-30(18-20-31)16-6-5-7-21-32/h8-13,22,32H,5-7,14-21H2,1-4H3. The molecule has 0 bridgehead atoms. The monoisotopic (exact) mass is 434 g/mol. The third kappa shape index (κ3) is 5.05. The molecule has 0 atom stereocenters. The predicted octanol–water partition coefficient (Wildman–Crippen LogP) is 5.99. The molecule has 1 aliphatic carbocycles. The van der Waals surface area contributed by atoms with Crippen molar-refractivity contribution in [3.63, 3.8) is 0 Å². The number of rotatable bonds is 7. The number of unbranched alkanes of at least 4 members (excludes halogenated alkanes) is 2. The summed E-state index contributed by atoms with van der Waals surface area (Å²) in [6.07, 6.45) is 5.78. The molecule has 1 N–H and O–H groups in total. The van der Waals surface area contributed by atoms with E-state index in [0.717, 1.165) is 45.6 Å². The first kappa shape index (κ1) is 23.3. The van der Waals surface area contributed by atoms with Crippen LogP contribution < -0.4 is 4.90 Å². The first-order chi connectivity index (χ1) is 15.3. The van der Waals surface area contributed by atoms with E-state index in [4.69, 9.17) is 5.11 Å². The second-order valence-electron chi connectivity index (χ2n) is 11.2. The predicted molar refractivity (Wildman–Crippen MR) is 137 cm³/mol. The number of nitrogens with zero attached hydrogens (tertiary/aromatic N) is 2. The molecule has 3 heteroatoms. The molecule has 1 heterocycles. The van der Waals surface area contributed by atoms with Crippen LogP contribution in [0.4, 0.5) is 5.69 Å². The van der Waals surface area contributed by atoms with Gasteiger partial charge in [-0.2, -0.15) is 0 Å². The first-order valence-corrected chi connectivity index (χ1v) is 12.6. The van der Waals surface area contributed by atoms with Crippen LogP contribution >= 0.6 is 0 Å². The Morgan fingerprint density at radius 3 is 2.00 bits per heavy atom. The number of benzene rings is 2. The van der Waals surface area contributed by atoms with Gasteiger partial charge in [-0.1, -0.05) is 58.0 Å². The quantitative estimate of drug-likeness (QED) is 0.543. The Kier molecular flexibility index (Phi) is 6.97. The van der Waals surface area contributed by atoms with Crippen molar-refractivity contribution in [2.24, 2.45) is 0 Å². The van der Waals surface area contributed by atoms with Crippen molar-refractivity contribution in [1.82, 2.24) is 4.90 Å². The lowest BCUT2D eigenvalue weighted by Crippen LogP contribution is -2.46. The van der Waals surface area contributed by atoms with Gasteiger partial charge in [-0.25, -0.2) is 0 Å². The van der Waals surface area contributed by atoms with Crippen LogP contribution in [-0.2, 0) is 10.8 Å². The molecule has 32 heavy (non-hydrogen) atoms. The second kappa shape index (κ2) is 9.57. The van der Waals surface area contributed by atoms with E-state index in [1.54, 1.807) is 0 Å². The molecular weight excluding hydrogens is 392 g/mol. The van der Waals surface area contributed by atoms with Gasteiger partial charge < -0.3 is 10.0 Å². The van der Waals surface area contributed by atoms with Crippen LogP contribution in [0.2, 0.25) is 0 Å². The Hall–Kier alpha value is -1.84. The Bertz CT molecular complexity index is 892. The highest BCUT2D eigenvalue weighted by molar-refractivity contribution is 5.68. The van der Waals surface area contributed by atoms with Gasteiger partial charge in [-0.15, -0.1) is 0 Å². The maximum atomic E-state index is 8.93. The van der Waals surface area contributed by atoms with Gasteiger partial charge in [0.1, 0.15) is 0 Å². The highest BCUT2D eigenvalue weighted by Crippen LogP contribution is 2.46. The Labute approximate surface area is 195 Å². The zero-order valence-corrected chi connectivity index (χ0v) is 20.7. The van der Waals surface area contributed by atoms with Gasteiger partial charge in [0.25, 0.3) is 0 Å². The number of aliphatic hydroxyl groups excluding tert-OH is 1.